The summed E-state index contributed by atoms with van der Waals surface area (Å²) in [4.78, 5) is 33.0. The van der Waals surface area contributed by atoms with Crippen molar-refractivity contribution in [3.63, 3.8) is 0 Å². The predicted molar refractivity (Wildman–Crippen MR) is 95.6 cm³/mol. The van der Waals surface area contributed by atoms with Crippen LogP contribution in [0.15, 0.2) is 6.07 Å². The Bertz CT molecular complexity index is 863. The first-order chi connectivity index (χ1) is 11.4. The molecule has 3 heterocycles. The average molecular weight is 343 g/mol. The van der Waals surface area contributed by atoms with Crippen molar-refractivity contribution in [3.05, 3.63) is 22.2 Å². The summed E-state index contributed by atoms with van der Waals surface area (Å²) in [7, 11) is 0. The zero-order valence-electron chi connectivity index (χ0n) is 14.0. The molecule has 1 aliphatic carbocycles. The summed E-state index contributed by atoms with van der Waals surface area (Å²) in [6.07, 6.45) is 3.40. The van der Waals surface area contributed by atoms with Gasteiger partial charge in [0.15, 0.2) is 5.78 Å². The SMILES string of the molecule is CC1(C)CC(=O)c2cc3c(N)c(C(=O)N4CCCC4)sc3nc2C1. The molecule has 0 bridgehead atoms. The van der Waals surface area contributed by atoms with Gasteiger partial charge in [0.25, 0.3) is 5.91 Å². The number of aromatic nitrogens is 1. The molecule has 126 valence electrons. The molecule has 2 aromatic rings. The number of ketones is 1. The lowest BCUT2D eigenvalue weighted by atomic mass is 9.75. The molecule has 5 nitrogen and oxygen atoms in total. The molecule has 0 radical (unpaired) electrons. The van der Waals surface area contributed by atoms with Gasteiger partial charge in [0.1, 0.15) is 9.71 Å². The largest absolute Gasteiger partial charge is 0.397 e. The minimum absolute atomic E-state index is 0.00220. The van der Waals surface area contributed by atoms with Gasteiger partial charge >= 0.3 is 0 Å². The standard InChI is InChI=1S/C18H21N3O2S/c1-18(2)8-12-10(13(22)9-18)7-11-14(19)15(24-16(11)20-12)17(23)21-5-3-4-6-21/h7H,3-6,8-9,19H2,1-2H3. The molecule has 4 rings (SSSR count). The summed E-state index contributed by atoms with van der Waals surface area (Å²) >= 11 is 1.35. The Labute approximate surface area is 144 Å². The van der Waals surface area contributed by atoms with E-state index in [2.05, 4.69) is 13.8 Å². The molecule has 6 heteroatoms. The van der Waals surface area contributed by atoms with Gasteiger partial charge in [0.05, 0.1) is 11.4 Å². The maximum absolute atomic E-state index is 12.7. The van der Waals surface area contributed by atoms with E-state index >= 15 is 0 Å². The number of anilines is 1. The van der Waals surface area contributed by atoms with E-state index in [0.717, 1.165) is 48.3 Å². The molecule has 1 amide bonds. The fraction of sp³-hybridized carbons (Fsp3) is 0.500. The van der Waals surface area contributed by atoms with Crippen LogP contribution in [0, 0.1) is 5.41 Å². The highest BCUT2D eigenvalue weighted by molar-refractivity contribution is 7.21. The van der Waals surface area contributed by atoms with Crippen LogP contribution in [-0.4, -0.2) is 34.7 Å². The third-order valence-corrected chi connectivity index (χ3v) is 6.08. The Morgan fingerprint density at radius 3 is 2.71 bits per heavy atom. The summed E-state index contributed by atoms with van der Waals surface area (Å²) in [5.41, 5.74) is 8.17. The van der Waals surface area contributed by atoms with Crippen molar-refractivity contribution in [2.45, 2.75) is 39.5 Å². The fourth-order valence-electron chi connectivity index (χ4n) is 3.72. The number of nitrogens with zero attached hydrogens (tertiary/aromatic N) is 2. The Hall–Kier alpha value is -1.95. The van der Waals surface area contributed by atoms with E-state index in [9.17, 15) is 9.59 Å². The number of rotatable bonds is 1. The van der Waals surface area contributed by atoms with Crippen molar-refractivity contribution >= 4 is 38.9 Å². The Kier molecular flexibility index (Phi) is 3.42. The topological polar surface area (TPSA) is 76.3 Å². The van der Waals surface area contributed by atoms with Crippen LogP contribution in [0.3, 0.4) is 0 Å². The lowest BCUT2D eigenvalue weighted by molar-refractivity contribution is 0.0798. The lowest BCUT2D eigenvalue weighted by Crippen LogP contribution is -2.27. The van der Waals surface area contributed by atoms with Crippen molar-refractivity contribution in [2.75, 3.05) is 18.8 Å². The summed E-state index contributed by atoms with van der Waals surface area (Å²) < 4.78 is 0. The van der Waals surface area contributed by atoms with Crippen molar-refractivity contribution in [2.24, 2.45) is 5.41 Å². The van der Waals surface area contributed by atoms with Gasteiger partial charge < -0.3 is 10.6 Å². The van der Waals surface area contributed by atoms with Crippen molar-refractivity contribution in [1.82, 2.24) is 9.88 Å². The van der Waals surface area contributed by atoms with Crippen LogP contribution < -0.4 is 5.73 Å². The highest BCUT2D eigenvalue weighted by Crippen LogP contribution is 2.39. The van der Waals surface area contributed by atoms with E-state index in [1.165, 1.54) is 11.3 Å². The second-order valence-corrected chi connectivity index (χ2v) is 8.62. The van der Waals surface area contributed by atoms with Gasteiger partial charge in [-0.2, -0.15) is 0 Å². The quantitative estimate of drug-likeness (QED) is 0.862. The van der Waals surface area contributed by atoms with Crippen LogP contribution in [-0.2, 0) is 6.42 Å². The molecular weight excluding hydrogens is 322 g/mol. The highest BCUT2D eigenvalue weighted by atomic mass is 32.1. The number of nitrogens with two attached hydrogens (primary N) is 1. The minimum Gasteiger partial charge on any atom is -0.397 e. The van der Waals surface area contributed by atoms with Crippen LogP contribution in [0.1, 0.15) is 58.8 Å². The zero-order chi connectivity index (χ0) is 17.1. The molecule has 24 heavy (non-hydrogen) atoms. The number of carbonyl (C=O) groups is 2. The number of likely N-dealkylation sites (tertiary alicyclic amines) is 1. The van der Waals surface area contributed by atoms with E-state index in [1.54, 1.807) is 0 Å². The normalized spacial score (nSPS) is 19.8. The predicted octanol–water partition coefficient (Wildman–Crippen LogP) is 3.27. The number of nitrogen functional groups attached to an aromatic ring is 1. The first kappa shape index (κ1) is 15.6. The summed E-state index contributed by atoms with van der Waals surface area (Å²) in [5, 5.41) is 0.745. The first-order valence-electron chi connectivity index (χ1n) is 8.40. The second kappa shape index (κ2) is 5.28. The molecule has 2 N–H and O–H groups in total. The maximum atomic E-state index is 12.7. The molecule has 0 aromatic carbocycles. The molecule has 0 spiro atoms. The molecule has 2 aromatic heterocycles. The van der Waals surface area contributed by atoms with Gasteiger partial charge in [0, 0.05) is 30.5 Å². The third-order valence-electron chi connectivity index (χ3n) is 4.97. The van der Waals surface area contributed by atoms with Gasteiger partial charge in [-0.1, -0.05) is 13.8 Å². The van der Waals surface area contributed by atoms with Crippen molar-refractivity contribution < 1.29 is 9.59 Å². The van der Waals surface area contributed by atoms with Crippen molar-refractivity contribution in [1.29, 1.82) is 0 Å². The molecule has 0 saturated carbocycles. The van der Waals surface area contributed by atoms with Gasteiger partial charge in [-0.3, -0.25) is 9.59 Å². The number of hydrogen-bond acceptors (Lipinski definition) is 5. The van der Waals surface area contributed by atoms with Crippen LogP contribution in [0.5, 0.6) is 0 Å². The number of pyridine rings is 1. The average Bonchev–Trinajstić information content (AvgIpc) is 3.13. The number of amides is 1. The van der Waals surface area contributed by atoms with E-state index in [1.807, 2.05) is 11.0 Å². The molecule has 1 aliphatic heterocycles. The number of carbonyl (C=O) groups excluding carboxylic acids is 2. The molecule has 1 saturated heterocycles. The van der Waals surface area contributed by atoms with Crippen molar-refractivity contribution in [3.8, 4) is 0 Å². The van der Waals surface area contributed by atoms with Crippen LogP contribution in [0.25, 0.3) is 10.2 Å². The molecule has 2 aliphatic rings. The summed E-state index contributed by atoms with van der Waals surface area (Å²) in [5.74, 6) is 0.117. The third kappa shape index (κ3) is 2.40. The maximum Gasteiger partial charge on any atom is 0.266 e. The molecular formula is C18H21N3O2S. The highest BCUT2D eigenvalue weighted by Gasteiger charge is 2.33. The monoisotopic (exact) mass is 343 g/mol. The number of hydrogen-bond donors (Lipinski definition) is 1. The minimum atomic E-state index is -0.0677. The van der Waals surface area contributed by atoms with Gasteiger partial charge in [0.2, 0.25) is 0 Å². The van der Waals surface area contributed by atoms with E-state index < -0.39 is 0 Å². The van der Waals surface area contributed by atoms with Gasteiger partial charge in [-0.05, 0) is 30.7 Å². The lowest BCUT2D eigenvalue weighted by Gasteiger charge is -2.29. The number of thiophene rings is 1. The Balaban J connectivity index is 1.81. The van der Waals surface area contributed by atoms with Gasteiger partial charge in [-0.15, -0.1) is 11.3 Å². The fourth-order valence-corrected chi connectivity index (χ4v) is 4.79. The molecule has 0 unspecified atom stereocenters. The number of fused-ring (bicyclic) bond motifs is 2. The van der Waals surface area contributed by atoms with E-state index in [-0.39, 0.29) is 17.1 Å². The Morgan fingerprint density at radius 2 is 2.00 bits per heavy atom. The zero-order valence-corrected chi connectivity index (χ0v) is 14.8. The smallest absolute Gasteiger partial charge is 0.266 e. The number of Topliss-reactive ketones (excluding diaryl/α,β-unsaturated/α-hetero) is 1. The second-order valence-electron chi connectivity index (χ2n) is 7.62. The van der Waals surface area contributed by atoms with Crippen LogP contribution in [0.4, 0.5) is 5.69 Å². The first-order valence-corrected chi connectivity index (χ1v) is 9.22. The van der Waals surface area contributed by atoms with E-state index in [0.29, 0.717) is 22.5 Å². The molecule has 1 fully saturated rings. The van der Waals surface area contributed by atoms with E-state index in [4.69, 9.17) is 10.7 Å². The summed E-state index contributed by atoms with van der Waals surface area (Å²) in [6, 6.07) is 1.85. The Morgan fingerprint density at radius 1 is 1.29 bits per heavy atom. The molecule has 0 atom stereocenters. The van der Waals surface area contributed by atoms with Crippen LogP contribution in [0.2, 0.25) is 0 Å². The van der Waals surface area contributed by atoms with Gasteiger partial charge in [-0.25, -0.2) is 4.98 Å². The summed E-state index contributed by atoms with van der Waals surface area (Å²) in [6.45, 7) is 5.77. The van der Waals surface area contributed by atoms with Crippen LogP contribution >= 0.6 is 11.3 Å².